The van der Waals surface area contributed by atoms with Crippen molar-refractivity contribution < 1.29 is 4.74 Å². The number of nitrogens with zero attached hydrogens (tertiary/aromatic N) is 4. The molecule has 2 heterocycles. The van der Waals surface area contributed by atoms with Crippen molar-refractivity contribution in [2.75, 3.05) is 38.6 Å². The molecule has 6 heteroatoms. The van der Waals surface area contributed by atoms with Crippen molar-refractivity contribution in [3.8, 4) is 5.75 Å². The van der Waals surface area contributed by atoms with E-state index >= 15 is 0 Å². The fraction of sp³-hybridized carbons (Fsp3) is 0.455. The van der Waals surface area contributed by atoms with Crippen LogP contribution in [0.2, 0.25) is 0 Å². The molecule has 2 aromatic rings. The summed E-state index contributed by atoms with van der Waals surface area (Å²) in [5.74, 6) is 2.89. The third-order valence-corrected chi connectivity index (χ3v) is 4.80. The maximum atomic E-state index is 6.11. The number of benzene rings is 1. The molecule has 0 aliphatic carbocycles. The molecule has 0 radical (unpaired) electrons. The Labute approximate surface area is 168 Å². The van der Waals surface area contributed by atoms with Gasteiger partial charge in [0.25, 0.3) is 0 Å². The second kappa shape index (κ2) is 9.97. The lowest BCUT2D eigenvalue weighted by atomic mass is 10.1. The number of hydrogen-bond acceptors (Lipinski definition) is 4. The van der Waals surface area contributed by atoms with Crippen LogP contribution in [0.5, 0.6) is 5.75 Å². The molecular weight excluding hydrogens is 350 g/mol. The van der Waals surface area contributed by atoms with E-state index < -0.39 is 0 Å². The minimum Gasteiger partial charge on any atom is -0.490 e. The predicted molar refractivity (Wildman–Crippen MR) is 115 cm³/mol. The number of rotatable bonds is 6. The molecule has 1 N–H and O–H groups in total. The molecule has 28 heavy (non-hydrogen) atoms. The van der Waals surface area contributed by atoms with Gasteiger partial charge in [-0.2, -0.15) is 0 Å². The molecule has 6 nitrogen and oxygen atoms in total. The van der Waals surface area contributed by atoms with Crippen LogP contribution in [0.15, 0.2) is 53.7 Å². The van der Waals surface area contributed by atoms with E-state index in [-0.39, 0.29) is 6.10 Å². The van der Waals surface area contributed by atoms with E-state index in [0.717, 1.165) is 55.6 Å². The minimum absolute atomic E-state index is 0.268. The van der Waals surface area contributed by atoms with Crippen molar-refractivity contribution in [1.82, 2.24) is 15.2 Å². The number of ether oxygens (including phenoxy) is 1. The molecule has 0 amide bonds. The Morgan fingerprint density at radius 1 is 1.21 bits per heavy atom. The van der Waals surface area contributed by atoms with Crippen LogP contribution < -0.4 is 15.0 Å². The van der Waals surface area contributed by atoms with E-state index in [0.29, 0.717) is 6.54 Å². The first kappa shape index (κ1) is 20.0. The molecule has 1 aromatic heterocycles. The molecule has 1 saturated heterocycles. The number of anilines is 1. The smallest absolute Gasteiger partial charge is 0.194 e. The molecular formula is C22H31N5O. The summed E-state index contributed by atoms with van der Waals surface area (Å²) >= 11 is 0. The molecule has 3 rings (SSSR count). The Kier molecular flexibility index (Phi) is 7.12. The van der Waals surface area contributed by atoms with E-state index in [9.17, 15) is 0 Å². The number of para-hydroxylation sites is 1. The van der Waals surface area contributed by atoms with Gasteiger partial charge >= 0.3 is 0 Å². The monoisotopic (exact) mass is 381 g/mol. The normalized spacial score (nSPS) is 15.4. The van der Waals surface area contributed by atoms with Gasteiger partial charge in [0.1, 0.15) is 17.7 Å². The number of likely N-dealkylation sites (tertiary alicyclic amines) is 1. The second-order valence-corrected chi connectivity index (χ2v) is 7.20. The van der Waals surface area contributed by atoms with E-state index in [1.807, 2.05) is 61.6 Å². The van der Waals surface area contributed by atoms with Gasteiger partial charge in [-0.25, -0.2) is 9.98 Å². The third kappa shape index (κ3) is 5.62. The van der Waals surface area contributed by atoms with Gasteiger partial charge in [0.05, 0.1) is 6.54 Å². The first-order valence-corrected chi connectivity index (χ1v) is 10.0. The van der Waals surface area contributed by atoms with Crippen LogP contribution in [0.1, 0.15) is 25.3 Å². The van der Waals surface area contributed by atoms with E-state index in [2.05, 4.69) is 28.2 Å². The highest BCUT2D eigenvalue weighted by Crippen LogP contribution is 2.19. The fourth-order valence-corrected chi connectivity index (χ4v) is 3.27. The molecule has 1 fully saturated rings. The topological polar surface area (TPSA) is 53.0 Å². The standard InChI is InChI=1S/C22H31N5O/c1-4-23-22(25-17-18-10-13-24-21(16-18)26(2)3)27-14-11-20(12-15-27)28-19-8-6-5-7-9-19/h5-10,13,16,20H,4,11-12,14-15,17H2,1-3H3,(H,23,25). The van der Waals surface area contributed by atoms with E-state index in [1.54, 1.807) is 0 Å². The zero-order valence-electron chi connectivity index (χ0n) is 17.1. The number of nitrogens with one attached hydrogen (secondary N) is 1. The van der Waals surface area contributed by atoms with Crippen LogP contribution in [0.25, 0.3) is 0 Å². The van der Waals surface area contributed by atoms with Gasteiger partial charge in [0, 0.05) is 52.8 Å². The van der Waals surface area contributed by atoms with Crippen molar-refractivity contribution in [2.45, 2.75) is 32.4 Å². The molecule has 150 valence electrons. The van der Waals surface area contributed by atoms with Gasteiger partial charge < -0.3 is 19.9 Å². The summed E-state index contributed by atoms with van der Waals surface area (Å²) in [5, 5.41) is 3.43. The number of aliphatic imine (C=N–C) groups is 1. The van der Waals surface area contributed by atoms with Crippen molar-refractivity contribution in [3.05, 3.63) is 54.2 Å². The zero-order chi connectivity index (χ0) is 19.8. The van der Waals surface area contributed by atoms with Crippen molar-refractivity contribution >= 4 is 11.8 Å². The molecule has 0 saturated carbocycles. The highest BCUT2D eigenvalue weighted by atomic mass is 16.5. The molecule has 0 bridgehead atoms. The Morgan fingerprint density at radius 3 is 2.64 bits per heavy atom. The van der Waals surface area contributed by atoms with Crippen molar-refractivity contribution in [1.29, 1.82) is 0 Å². The average molecular weight is 382 g/mol. The van der Waals surface area contributed by atoms with Crippen LogP contribution in [0, 0.1) is 0 Å². The highest BCUT2D eigenvalue weighted by Gasteiger charge is 2.22. The Hall–Kier alpha value is -2.76. The van der Waals surface area contributed by atoms with Crippen LogP contribution >= 0.6 is 0 Å². The average Bonchev–Trinajstić information content (AvgIpc) is 2.73. The Bertz CT molecular complexity index is 755. The fourth-order valence-electron chi connectivity index (χ4n) is 3.27. The Morgan fingerprint density at radius 2 is 1.96 bits per heavy atom. The summed E-state index contributed by atoms with van der Waals surface area (Å²) in [6, 6.07) is 14.2. The molecule has 0 atom stereocenters. The van der Waals surface area contributed by atoms with Gasteiger partial charge in [-0.1, -0.05) is 18.2 Å². The number of guanidine groups is 1. The van der Waals surface area contributed by atoms with Crippen LogP contribution in [0.3, 0.4) is 0 Å². The summed E-state index contributed by atoms with van der Waals surface area (Å²) in [6.45, 7) is 5.51. The van der Waals surface area contributed by atoms with Gasteiger partial charge in [-0.05, 0) is 36.8 Å². The number of pyridine rings is 1. The summed E-state index contributed by atoms with van der Waals surface area (Å²) in [7, 11) is 4.00. The first-order valence-electron chi connectivity index (χ1n) is 10.0. The SMILES string of the molecule is CCNC(=NCc1ccnc(N(C)C)c1)N1CCC(Oc2ccccc2)CC1. The van der Waals surface area contributed by atoms with Crippen LogP contribution in [-0.4, -0.2) is 55.7 Å². The zero-order valence-corrected chi connectivity index (χ0v) is 17.1. The van der Waals surface area contributed by atoms with Gasteiger partial charge in [0.2, 0.25) is 0 Å². The summed E-state index contributed by atoms with van der Waals surface area (Å²) in [6.07, 6.45) is 4.11. The van der Waals surface area contributed by atoms with Crippen molar-refractivity contribution in [3.63, 3.8) is 0 Å². The first-order chi connectivity index (χ1) is 13.7. The minimum atomic E-state index is 0.268. The quantitative estimate of drug-likeness (QED) is 0.615. The lowest BCUT2D eigenvalue weighted by Gasteiger charge is -2.34. The van der Waals surface area contributed by atoms with E-state index in [1.165, 1.54) is 0 Å². The lowest BCUT2D eigenvalue weighted by Crippen LogP contribution is -2.47. The molecule has 1 aliphatic rings. The molecule has 1 aliphatic heterocycles. The maximum absolute atomic E-state index is 6.11. The molecule has 0 spiro atoms. The predicted octanol–water partition coefficient (Wildman–Crippen LogP) is 3.16. The number of aromatic nitrogens is 1. The maximum Gasteiger partial charge on any atom is 0.194 e. The van der Waals surface area contributed by atoms with Gasteiger partial charge in [-0.3, -0.25) is 0 Å². The second-order valence-electron chi connectivity index (χ2n) is 7.20. The lowest BCUT2D eigenvalue weighted by molar-refractivity contribution is 0.129. The summed E-state index contributed by atoms with van der Waals surface area (Å²) < 4.78 is 6.11. The van der Waals surface area contributed by atoms with Gasteiger partial charge in [-0.15, -0.1) is 0 Å². The Balaban J connectivity index is 1.58. The highest BCUT2D eigenvalue weighted by molar-refractivity contribution is 5.80. The van der Waals surface area contributed by atoms with Crippen LogP contribution in [0.4, 0.5) is 5.82 Å². The number of hydrogen-bond donors (Lipinski definition) is 1. The number of piperidine rings is 1. The largest absolute Gasteiger partial charge is 0.490 e. The summed E-state index contributed by atoms with van der Waals surface area (Å²) in [5.41, 5.74) is 1.16. The van der Waals surface area contributed by atoms with Crippen LogP contribution in [-0.2, 0) is 6.54 Å². The third-order valence-electron chi connectivity index (χ3n) is 4.80. The van der Waals surface area contributed by atoms with Gasteiger partial charge in [0.15, 0.2) is 5.96 Å². The van der Waals surface area contributed by atoms with Crippen molar-refractivity contribution in [2.24, 2.45) is 4.99 Å². The molecule has 1 aromatic carbocycles. The molecule has 0 unspecified atom stereocenters. The van der Waals surface area contributed by atoms with E-state index in [4.69, 9.17) is 9.73 Å². The summed E-state index contributed by atoms with van der Waals surface area (Å²) in [4.78, 5) is 13.6.